The summed E-state index contributed by atoms with van der Waals surface area (Å²) >= 11 is 3.30. The molecule has 0 amide bonds. The smallest absolute Gasteiger partial charge is 0.128 e. The molecule has 1 aliphatic carbocycles. The monoisotopic (exact) mass is 303 g/mol. The fourth-order valence-corrected chi connectivity index (χ4v) is 2.57. The van der Waals surface area contributed by atoms with Gasteiger partial charge in [0.15, 0.2) is 0 Å². The second kappa shape index (κ2) is 4.65. The molecule has 0 radical (unpaired) electrons. The Morgan fingerprint density at radius 1 is 1.65 bits per heavy atom. The predicted octanol–water partition coefficient (Wildman–Crippen LogP) is 1.77. The highest BCUT2D eigenvalue weighted by molar-refractivity contribution is 9.10. The van der Waals surface area contributed by atoms with Gasteiger partial charge < -0.3 is 15.6 Å². The lowest BCUT2D eigenvalue weighted by Crippen LogP contribution is -2.45. The van der Waals surface area contributed by atoms with E-state index in [1.165, 1.54) is 13.2 Å². The number of aliphatic hydroxyl groups is 1. The molecule has 3 atom stereocenters. The average molecular weight is 304 g/mol. The maximum atomic E-state index is 13.9. The summed E-state index contributed by atoms with van der Waals surface area (Å²) in [5.41, 5.74) is 5.66. The van der Waals surface area contributed by atoms with Crippen molar-refractivity contribution in [3.63, 3.8) is 0 Å². The van der Waals surface area contributed by atoms with Crippen molar-refractivity contribution in [1.29, 1.82) is 0 Å². The third-order valence-corrected chi connectivity index (χ3v) is 3.72. The molecule has 1 saturated carbocycles. The minimum Gasteiger partial charge on any atom is -0.393 e. The Hall–Kier alpha value is -0.490. The van der Waals surface area contributed by atoms with Gasteiger partial charge in [-0.15, -0.1) is 0 Å². The first-order valence-electron chi connectivity index (χ1n) is 5.40. The van der Waals surface area contributed by atoms with Crippen LogP contribution in [0.5, 0.6) is 0 Å². The minimum absolute atomic E-state index is 0.147. The molecule has 17 heavy (non-hydrogen) atoms. The molecule has 94 valence electrons. The van der Waals surface area contributed by atoms with E-state index in [1.54, 1.807) is 12.1 Å². The lowest BCUT2D eigenvalue weighted by Gasteiger charge is -2.30. The van der Waals surface area contributed by atoms with Gasteiger partial charge in [0.05, 0.1) is 18.2 Å². The van der Waals surface area contributed by atoms with Crippen molar-refractivity contribution in [2.75, 3.05) is 13.7 Å². The molecule has 0 aliphatic heterocycles. The zero-order chi connectivity index (χ0) is 12.6. The van der Waals surface area contributed by atoms with Crippen molar-refractivity contribution in [3.05, 3.63) is 34.1 Å². The first-order chi connectivity index (χ1) is 7.99. The van der Waals surface area contributed by atoms with Crippen molar-refractivity contribution in [2.45, 2.75) is 18.1 Å². The Morgan fingerprint density at radius 2 is 2.29 bits per heavy atom. The number of rotatable bonds is 4. The van der Waals surface area contributed by atoms with Gasteiger partial charge in [-0.25, -0.2) is 4.39 Å². The molecule has 3 unspecified atom stereocenters. The summed E-state index contributed by atoms with van der Waals surface area (Å²) in [7, 11) is 1.52. The van der Waals surface area contributed by atoms with Crippen LogP contribution in [0, 0.1) is 11.7 Å². The number of halogens is 2. The Labute approximate surface area is 108 Å². The number of ether oxygens (including phenoxy) is 1. The van der Waals surface area contributed by atoms with Crippen LogP contribution in [0.1, 0.15) is 12.0 Å². The average Bonchev–Trinajstić information content (AvgIpc) is 3.00. The molecule has 0 spiro atoms. The quantitative estimate of drug-likeness (QED) is 0.891. The second-order valence-electron chi connectivity index (χ2n) is 4.51. The van der Waals surface area contributed by atoms with Crippen molar-refractivity contribution < 1.29 is 14.2 Å². The van der Waals surface area contributed by atoms with Gasteiger partial charge in [-0.1, -0.05) is 15.9 Å². The normalized spacial score (nSPS) is 26.6. The molecule has 1 aromatic rings. The molecule has 0 saturated heterocycles. The van der Waals surface area contributed by atoms with Gasteiger partial charge in [0.2, 0.25) is 0 Å². The summed E-state index contributed by atoms with van der Waals surface area (Å²) in [6, 6.07) is 4.64. The van der Waals surface area contributed by atoms with Crippen LogP contribution in [0.4, 0.5) is 4.39 Å². The Balaban J connectivity index is 2.41. The lowest BCUT2D eigenvalue weighted by molar-refractivity contribution is 0.102. The summed E-state index contributed by atoms with van der Waals surface area (Å²) in [5.74, 6) is -0.516. The van der Waals surface area contributed by atoms with Crippen LogP contribution in [0.2, 0.25) is 0 Å². The first kappa shape index (κ1) is 13.0. The minimum atomic E-state index is -0.970. The summed E-state index contributed by atoms with van der Waals surface area (Å²) in [6.45, 7) is 0.183. The number of hydrogen-bond donors (Lipinski definition) is 2. The van der Waals surface area contributed by atoms with E-state index in [2.05, 4.69) is 15.9 Å². The van der Waals surface area contributed by atoms with E-state index < -0.39 is 11.6 Å². The van der Waals surface area contributed by atoms with Crippen LogP contribution >= 0.6 is 15.9 Å². The lowest BCUT2D eigenvalue weighted by atomic mass is 9.86. The Morgan fingerprint density at radius 3 is 2.82 bits per heavy atom. The summed E-state index contributed by atoms with van der Waals surface area (Å²) in [5, 5.41) is 9.54. The van der Waals surface area contributed by atoms with Crippen molar-refractivity contribution in [3.8, 4) is 0 Å². The van der Waals surface area contributed by atoms with Crippen LogP contribution < -0.4 is 5.73 Å². The topological polar surface area (TPSA) is 55.5 Å². The molecule has 3 nitrogen and oxygen atoms in total. The fourth-order valence-electron chi connectivity index (χ4n) is 2.21. The third-order valence-electron chi connectivity index (χ3n) is 3.23. The molecular formula is C12H15BrFNO2. The highest BCUT2D eigenvalue weighted by Gasteiger charge is 2.52. The number of aliphatic hydroxyl groups excluding tert-OH is 1. The van der Waals surface area contributed by atoms with E-state index in [0.717, 1.165) is 4.47 Å². The number of hydrogen-bond acceptors (Lipinski definition) is 3. The van der Waals surface area contributed by atoms with Crippen molar-refractivity contribution in [1.82, 2.24) is 0 Å². The van der Waals surface area contributed by atoms with Gasteiger partial charge in [-0.2, -0.15) is 0 Å². The van der Waals surface area contributed by atoms with Crippen molar-refractivity contribution >= 4 is 15.9 Å². The second-order valence-corrected chi connectivity index (χ2v) is 5.42. The van der Waals surface area contributed by atoms with Gasteiger partial charge in [0.1, 0.15) is 5.82 Å². The Bertz CT molecular complexity index is 429. The van der Waals surface area contributed by atoms with Gasteiger partial charge in [0, 0.05) is 23.1 Å². The van der Waals surface area contributed by atoms with Crippen LogP contribution in [-0.4, -0.2) is 24.9 Å². The van der Waals surface area contributed by atoms with Crippen LogP contribution in [0.3, 0.4) is 0 Å². The number of methoxy groups -OCH3 is 1. The maximum Gasteiger partial charge on any atom is 0.128 e. The van der Waals surface area contributed by atoms with Gasteiger partial charge in [-0.3, -0.25) is 0 Å². The van der Waals surface area contributed by atoms with Crippen LogP contribution in [-0.2, 0) is 10.3 Å². The van der Waals surface area contributed by atoms with Crippen LogP contribution in [0.15, 0.2) is 22.7 Å². The molecular weight excluding hydrogens is 289 g/mol. The molecule has 1 aliphatic rings. The molecule has 5 heteroatoms. The van der Waals surface area contributed by atoms with E-state index in [0.29, 0.717) is 12.0 Å². The van der Waals surface area contributed by atoms with Crippen LogP contribution in [0.25, 0.3) is 0 Å². The maximum absolute atomic E-state index is 13.9. The van der Waals surface area contributed by atoms with Gasteiger partial charge in [0.25, 0.3) is 0 Å². The van der Waals surface area contributed by atoms with E-state index >= 15 is 0 Å². The molecule has 0 bridgehead atoms. The highest BCUT2D eigenvalue weighted by atomic mass is 79.9. The molecule has 2 rings (SSSR count). The summed E-state index contributed by atoms with van der Waals surface area (Å²) < 4.78 is 19.7. The number of nitrogens with two attached hydrogens (primary N) is 1. The molecule has 1 fully saturated rings. The number of benzene rings is 1. The summed E-state index contributed by atoms with van der Waals surface area (Å²) in [4.78, 5) is 0. The highest BCUT2D eigenvalue weighted by Crippen LogP contribution is 2.45. The fraction of sp³-hybridized carbons (Fsp3) is 0.500. The van der Waals surface area contributed by atoms with Gasteiger partial charge in [-0.05, 0) is 24.6 Å². The zero-order valence-electron chi connectivity index (χ0n) is 9.49. The molecule has 1 aromatic carbocycles. The first-order valence-corrected chi connectivity index (χ1v) is 6.19. The van der Waals surface area contributed by atoms with E-state index in [9.17, 15) is 9.50 Å². The molecule has 0 aromatic heterocycles. The van der Waals surface area contributed by atoms with Crippen molar-refractivity contribution in [2.24, 2.45) is 11.7 Å². The van der Waals surface area contributed by atoms with E-state index in [-0.39, 0.29) is 18.3 Å². The summed E-state index contributed by atoms with van der Waals surface area (Å²) in [6.07, 6.45) is 0.125. The molecule has 3 N–H and O–H groups in total. The standard InChI is InChI=1S/C12H15BrFNO2/c1-17-6-12(15,9-5-11(9)16)8-4-7(13)2-3-10(8)14/h2-4,9,11,16H,5-6,15H2,1H3. The SMILES string of the molecule is COCC(N)(c1cc(Br)ccc1F)C1CC1O. The van der Waals surface area contributed by atoms with Gasteiger partial charge >= 0.3 is 0 Å². The molecule has 0 heterocycles. The van der Waals surface area contributed by atoms with E-state index in [4.69, 9.17) is 10.5 Å². The Kier molecular flexibility index (Phi) is 3.54. The largest absolute Gasteiger partial charge is 0.393 e. The third kappa shape index (κ3) is 2.38. The predicted molar refractivity (Wildman–Crippen MR) is 66.0 cm³/mol. The van der Waals surface area contributed by atoms with E-state index in [1.807, 2.05) is 0 Å². The zero-order valence-corrected chi connectivity index (χ0v) is 11.1.